The molecule has 1 saturated carbocycles. The Hall–Kier alpha value is 0.1000. The highest BCUT2D eigenvalue weighted by molar-refractivity contribution is 9.11. The molecule has 13 heavy (non-hydrogen) atoms. The Kier molecular flexibility index (Phi) is 3.03. The molecule has 1 aromatic heterocycles. The van der Waals surface area contributed by atoms with Crippen LogP contribution in [0.5, 0.6) is 0 Å². The molecular weight excluding hydrogens is 248 g/mol. The second-order valence-corrected chi connectivity index (χ2v) is 6.03. The summed E-state index contributed by atoms with van der Waals surface area (Å²) in [6.07, 6.45) is 3.94. The van der Waals surface area contributed by atoms with Gasteiger partial charge >= 0.3 is 0 Å². The SMILES string of the molecule is NNC(CC1CC1)c1ccc(Br)s1. The topological polar surface area (TPSA) is 38.0 Å². The van der Waals surface area contributed by atoms with Crippen LogP contribution in [0.25, 0.3) is 0 Å². The minimum Gasteiger partial charge on any atom is -0.271 e. The van der Waals surface area contributed by atoms with E-state index < -0.39 is 0 Å². The predicted molar refractivity (Wildman–Crippen MR) is 59.4 cm³/mol. The van der Waals surface area contributed by atoms with Gasteiger partial charge in [-0.05, 0) is 40.4 Å². The third-order valence-corrected chi connectivity index (χ3v) is 4.14. The van der Waals surface area contributed by atoms with Crippen LogP contribution in [0.15, 0.2) is 15.9 Å². The summed E-state index contributed by atoms with van der Waals surface area (Å²) < 4.78 is 1.18. The van der Waals surface area contributed by atoms with Gasteiger partial charge in [0.2, 0.25) is 0 Å². The number of nitrogens with two attached hydrogens (primary N) is 1. The second kappa shape index (κ2) is 4.09. The van der Waals surface area contributed by atoms with Crippen molar-refractivity contribution in [2.75, 3.05) is 0 Å². The molecule has 3 N–H and O–H groups in total. The van der Waals surface area contributed by atoms with Crippen LogP contribution in [0.4, 0.5) is 0 Å². The largest absolute Gasteiger partial charge is 0.271 e. The van der Waals surface area contributed by atoms with E-state index in [1.807, 2.05) is 0 Å². The maximum atomic E-state index is 5.53. The fourth-order valence-electron chi connectivity index (χ4n) is 1.47. The Bertz CT molecular complexity index is 283. The minimum atomic E-state index is 0.351. The third-order valence-electron chi connectivity index (χ3n) is 2.40. The predicted octanol–water partition coefficient (Wildman–Crippen LogP) is 2.82. The number of nitrogens with one attached hydrogen (secondary N) is 1. The van der Waals surface area contributed by atoms with Crippen molar-refractivity contribution in [2.45, 2.75) is 25.3 Å². The quantitative estimate of drug-likeness (QED) is 0.646. The van der Waals surface area contributed by atoms with Crippen molar-refractivity contribution in [3.8, 4) is 0 Å². The highest BCUT2D eigenvalue weighted by atomic mass is 79.9. The van der Waals surface area contributed by atoms with E-state index in [1.54, 1.807) is 11.3 Å². The van der Waals surface area contributed by atoms with E-state index in [2.05, 4.69) is 33.5 Å². The highest BCUT2D eigenvalue weighted by Crippen LogP contribution is 2.39. The Morgan fingerprint density at radius 1 is 1.62 bits per heavy atom. The van der Waals surface area contributed by atoms with E-state index >= 15 is 0 Å². The zero-order valence-electron chi connectivity index (χ0n) is 7.29. The van der Waals surface area contributed by atoms with Gasteiger partial charge in [-0.3, -0.25) is 11.3 Å². The fraction of sp³-hybridized carbons (Fsp3) is 0.556. The molecule has 0 amide bonds. The van der Waals surface area contributed by atoms with Crippen LogP contribution >= 0.6 is 27.3 Å². The van der Waals surface area contributed by atoms with Crippen molar-refractivity contribution in [3.05, 3.63) is 20.8 Å². The van der Waals surface area contributed by atoms with Gasteiger partial charge in [0.15, 0.2) is 0 Å². The van der Waals surface area contributed by atoms with Gasteiger partial charge in [0.05, 0.1) is 9.83 Å². The van der Waals surface area contributed by atoms with E-state index in [4.69, 9.17) is 5.84 Å². The molecule has 0 spiro atoms. The Morgan fingerprint density at radius 3 is 2.85 bits per heavy atom. The molecule has 4 heteroatoms. The summed E-state index contributed by atoms with van der Waals surface area (Å²) in [5.41, 5.74) is 2.89. The van der Waals surface area contributed by atoms with Crippen LogP contribution in [-0.4, -0.2) is 0 Å². The summed E-state index contributed by atoms with van der Waals surface area (Å²) in [6.45, 7) is 0. The number of hydrazine groups is 1. The first-order chi connectivity index (χ1) is 6.29. The van der Waals surface area contributed by atoms with E-state index in [9.17, 15) is 0 Å². The van der Waals surface area contributed by atoms with Gasteiger partial charge in [0.1, 0.15) is 0 Å². The average Bonchev–Trinajstić information content (AvgIpc) is 2.84. The maximum absolute atomic E-state index is 5.53. The zero-order valence-corrected chi connectivity index (χ0v) is 9.70. The molecule has 1 aromatic rings. The first kappa shape index (κ1) is 9.65. The molecule has 72 valence electrons. The number of hydrogen-bond donors (Lipinski definition) is 2. The van der Waals surface area contributed by atoms with Crippen LogP contribution in [0.2, 0.25) is 0 Å². The second-order valence-electron chi connectivity index (χ2n) is 3.54. The van der Waals surface area contributed by atoms with Crippen LogP contribution in [0.3, 0.4) is 0 Å². The third kappa shape index (κ3) is 2.53. The van der Waals surface area contributed by atoms with Crippen LogP contribution < -0.4 is 11.3 Å². The lowest BCUT2D eigenvalue weighted by atomic mass is 10.1. The van der Waals surface area contributed by atoms with E-state index in [0.717, 1.165) is 5.92 Å². The molecule has 0 radical (unpaired) electrons. The van der Waals surface area contributed by atoms with Crippen molar-refractivity contribution in [1.82, 2.24) is 5.43 Å². The van der Waals surface area contributed by atoms with E-state index in [-0.39, 0.29) is 0 Å². The van der Waals surface area contributed by atoms with Gasteiger partial charge in [0, 0.05) is 4.88 Å². The van der Waals surface area contributed by atoms with E-state index in [0.29, 0.717) is 6.04 Å². The lowest BCUT2D eigenvalue weighted by molar-refractivity contribution is 0.494. The molecule has 2 rings (SSSR count). The molecule has 1 heterocycles. The molecule has 1 atom stereocenters. The summed E-state index contributed by atoms with van der Waals surface area (Å²) in [6, 6.07) is 4.57. The van der Waals surface area contributed by atoms with Crippen LogP contribution in [0, 0.1) is 5.92 Å². The van der Waals surface area contributed by atoms with Crippen molar-refractivity contribution in [2.24, 2.45) is 11.8 Å². The monoisotopic (exact) mass is 260 g/mol. The molecule has 0 aromatic carbocycles. The number of thiophene rings is 1. The van der Waals surface area contributed by atoms with Crippen LogP contribution in [-0.2, 0) is 0 Å². The Labute approximate surface area is 90.6 Å². The fourth-order valence-corrected chi connectivity index (χ4v) is 2.97. The molecule has 1 aliphatic rings. The van der Waals surface area contributed by atoms with Crippen molar-refractivity contribution in [1.29, 1.82) is 0 Å². The van der Waals surface area contributed by atoms with Gasteiger partial charge in [-0.15, -0.1) is 11.3 Å². The van der Waals surface area contributed by atoms with Gasteiger partial charge in [-0.2, -0.15) is 0 Å². The van der Waals surface area contributed by atoms with E-state index in [1.165, 1.54) is 27.9 Å². The van der Waals surface area contributed by atoms with Gasteiger partial charge in [0.25, 0.3) is 0 Å². The maximum Gasteiger partial charge on any atom is 0.0702 e. The Morgan fingerprint density at radius 2 is 2.38 bits per heavy atom. The number of halogens is 1. The lowest BCUT2D eigenvalue weighted by Crippen LogP contribution is -2.27. The minimum absolute atomic E-state index is 0.351. The van der Waals surface area contributed by atoms with Gasteiger partial charge in [-0.25, -0.2) is 0 Å². The first-order valence-electron chi connectivity index (χ1n) is 4.51. The molecule has 0 saturated heterocycles. The van der Waals surface area contributed by atoms with Gasteiger partial charge < -0.3 is 0 Å². The molecule has 0 bridgehead atoms. The number of rotatable bonds is 4. The van der Waals surface area contributed by atoms with Crippen molar-refractivity contribution >= 4 is 27.3 Å². The summed E-state index contributed by atoms with van der Waals surface area (Å²) in [4.78, 5) is 1.33. The summed E-state index contributed by atoms with van der Waals surface area (Å²) in [7, 11) is 0. The average molecular weight is 261 g/mol. The lowest BCUT2D eigenvalue weighted by Gasteiger charge is -2.12. The van der Waals surface area contributed by atoms with Crippen molar-refractivity contribution < 1.29 is 0 Å². The molecule has 1 fully saturated rings. The van der Waals surface area contributed by atoms with Crippen molar-refractivity contribution in [3.63, 3.8) is 0 Å². The Balaban J connectivity index is 2.01. The first-order valence-corrected chi connectivity index (χ1v) is 6.12. The summed E-state index contributed by atoms with van der Waals surface area (Å²) >= 11 is 5.23. The molecule has 1 aliphatic carbocycles. The zero-order chi connectivity index (χ0) is 9.26. The smallest absolute Gasteiger partial charge is 0.0702 e. The molecule has 0 aliphatic heterocycles. The van der Waals surface area contributed by atoms with Gasteiger partial charge in [-0.1, -0.05) is 12.8 Å². The summed E-state index contributed by atoms with van der Waals surface area (Å²) in [5, 5.41) is 0. The van der Waals surface area contributed by atoms with Crippen LogP contribution in [0.1, 0.15) is 30.2 Å². The molecule has 2 nitrogen and oxygen atoms in total. The normalized spacial score (nSPS) is 18.9. The number of hydrogen-bond acceptors (Lipinski definition) is 3. The summed E-state index contributed by atoms with van der Waals surface area (Å²) in [5.74, 6) is 6.44. The standard InChI is InChI=1S/C9H13BrN2S/c10-9-4-3-8(13-9)7(12-11)5-6-1-2-6/h3-4,6-7,12H,1-2,5,11H2. The highest BCUT2D eigenvalue weighted by Gasteiger charge is 2.26. The molecular formula is C9H13BrN2S. The molecule has 1 unspecified atom stereocenters.